The first-order valence-electron chi connectivity index (χ1n) is 13.4. The van der Waals surface area contributed by atoms with E-state index in [1.54, 1.807) is 0 Å². The van der Waals surface area contributed by atoms with Gasteiger partial charge in [-0.1, -0.05) is 0 Å². The Balaban J connectivity index is 1.63. The number of hydrogen-bond acceptors (Lipinski definition) is 16. The molecule has 10 atom stereocenters. The van der Waals surface area contributed by atoms with E-state index < -0.39 is 96.1 Å². The maximum absolute atomic E-state index is 13.8. The van der Waals surface area contributed by atoms with Crippen LogP contribution >= 0.6 is 0 Å². The SMILES string of the molecule is COc1cc(-c2oc3cc(O)cc(O)c3c(=O)c2O[C@@H]2OC(CO)[C@@H](O)C(O)C2O[C@@H]2OC(C)[C@H](O)C(O)[C@@H]2O)ccc1O. The fraction of sp³-hybridized carbons (Fsp3) is 0.464. The zero-order chi connectivity index (χ0) is 32.0. The largest absolute Gasteiger partial charge is 0.508 e. The summed E-state index contributed by atoms with van der Waals surface area (Å²) in [5.41, 5.74) is -1.15. The second-order valence-corrected chi connectivity index (χ2v) is 10.4. The summed E-state index contributed by atoms with van der Waals surface area (Å²) in [6, 6.07) is 5.81. The van der Waals surface area contributed by atoms with Gasteiger partial charge in [-0.2, -0.15) is 0 Å². The third-order valence-electron chi connectivity index (χ3n) is 7.52. The Hall–Kier alpha value is -3.71. The van der Waals surface area contributed by atoms with E-state index in [0.717, 1.165) is 12.1 Å². The lowest BCUT2D eigenvalue weighted by atomic mass is 9.97. The van der Waals surface area contributed by atoms with Crippen LogP contribution in [0.3, 0.4) is 0 Å². The first kappa shape index (κ1) is 31.7. The zero-order valence-electron chi connectivity index (χ0n) is 23.3. The first-order chi connectivity index (χ1) is 20.9. The highest BCUT2D eigenvalue weighted by atomic mass is 16.8. The molecular formula is C28H32O16. The van der Waals surface area contributed by atoms with Crippen molar-refractivity contribution in [3.63, 3.8) is 0 Å². The predicted octanol–water partition coefficient (Wildman–Crippen LogP) is -1.38. The lowest BCUT2D eigenvalue weighted by molar-refractivity contribution is -0.354. The number of phenolic OH excluding ortho intramolecular Hbond substituents is 3. The van der Waals surface area contributed by atoms with E-state index in [-0.39, 0.29) is 28.4 Å². The van der Waals surface area contributed by atoms with Crippen molar-refractivity contribution in [1.29, 1.82) is 0 Å². The lowest BCUT2D eigenvalue weighted by Gasteiger charge is -2.45. The van der Waals surface area contributed by atoms with Gasteiger partial charge in [0.1, 0.15) is 59.1 Å². The van der Waals surface area contributed by atoms with Gasteiger partial charge in [-0.3, -0.25) is 4.79 Å². The highest BCUT2D eigenvalue weighted by molar-refractivity contribution is 5.88. The Morgan fingerprint density at radius 1 is 0.841 bits per heavy atom. The van der Waals surface area contributed by atoms with E-state index in [0.29, 0.717) is 0 Å². The summed E-state index contributed by atoms with van der Waals surface area (Å²) >= 11 is 0. The Morgan fingerprint density at radius 2 is 1.57 bits per heavy atom. The second kappa shape index (κ2) is 12.4. The average Bonchev–Trinajstić information content (AvgIpc) is 2.99. The number of aliphatic hydroxyl groups is 6. The third-order valence-corrected chi connectivity index (χ3v) is 7.52. The van der Waals surface area contributed by atoms with Crippen LogP contribution in [0.5, 0.6) is 28.7 Å². The molecule has 2 saturated heterocycles. The van der Waals surface area contributed by atoms with Crippen LogP contribution in [0.2, 0.25) is 0 Å². The maximum Gasteiger partial charge on any atom is 0.239 e. The molecule has 16 heteroatoms. The van der Waals surface area contributed by atoms with Crippen LogP contribution < -0.4 is 14.9 Å². The highest BCUT2D eigenvalue weighted by Gasteiger charge is 2.51. The van der Waals surface area contributed by atoms with Crippen molar-refractivity contribution in [2.75, 3.05) is 13.7 Å². The summed E-state index contributed by atoms with van der Waals surface area (Å²) in [4.78, 5) is 13.8. The molecule has 2 fully saturated rings. The van der Waals surface area contributed by atoms with Crippen molar-refractivity contribution in [3.8, 4) is 40.1 Å². The fourth-order valence-corrected chi connectivity index (χ4v) is 5.08. The number of phenols is 3. The van der Waals surface area contributed by atoms with Gasteiger partial charge in [0.15, 0.2) is 29.7 Å². The van der Waals surface area contributed by atoms with E-state index in [4.69, 9.17) is 28.1 Å². The Morgan fingerprint density at radius 3 is 2.25 bits per heavy atom. The lowest BCUT2D eigenvalue weighted by Crippen LogP contribution is -2.64. The summed E-state index contributed by atoms with van der Waals surface area (Å²) in [5, 5.41) is 92.3. The molecule has 1 aromatic heterocycles. The molecule has 240 valence electrons. The van der Waals surface area contributed by atoms with E-state index in [2.05, 4.69) is 0 Å². The predicted molar refractivity (Wildman–Crippen MR) is 145 cm³/mol. The number of rotatable bonds is 7. The molecule has 0 aliphatic carbocycles. The molecule has 9 N–H and O–H groups in total. The van der Waals surface area contributed by atoms with Crippen LogP contribution in [0.15, 0.2) is 39.5 Å². The van der Waals surface area contributed by atoms with Gasteiger partial charge < -0.3 is 74.1 Å². The average molecular weight is 625 g/mol. The Bertz CT molecular complexity index is 1560. The molecule has 0 radical (unpaired) electrons. The number of hydrogen-bond donors (Lipinski definition) is 9. The number of aromatic hydroxyl groups is 3. The molecule has 5 unspecified atom stereocenters. The summed E-state index contributed by atoms with van der Waals surface area (Å²) in [5.74, 6) is -2.34. The molecule has 0 saturated carbocycles. The summed E-state index contributed by atoms with van der Waals surface area (Å²) in [7, 11) is 1.28. The van der Waals surface area contributed by atoms with Gasteiger partial charge in [0, 0.05) is 17.7 Å². The number of aliphatic hydroxyl groups excluding tert-OH is 6. The van der Waals surface area contributed by atoms with Crippen LogP contribution in [0.1, 0.15) is 6.92 Å². The first-order valence-corrected chi connectivity index (χ1v) is 13.4. The molecule has 3 aromatic rings. The van der Waals surface area contributed by atoms with Gasteiger partial charge in [-0.15, -0.1) is 0 Å². The van der Waals surface area contributed by atoms with Crippen molar-refractivity contribution >= 4 is 11.0 Å². The van der Waals surface area contributed by atoms with Gasteiger partial charge in [-0.25, -0.2) is 0 Å². The van der Waals surface area contributed by atoms with Gasteiger partial charge in [-0.05, 0) is 25.1 Å². The monoisotopic (exact) mass is 624 g/mol. The smallest absolute Gasteiger partial charge is 0.239 e. The quantitative estimate of drug-likeness (QED) is 0.147. The Kier molecular flexibility index (Phi) is 8.90. The number of methoxy groups -OCH3 is 1. The van der Waals surface area contributed by atoms with Crippen LogP contribution in [0, 0.1) is 0 Å². The molecule has 2 aliphatic heterocycles. The highest BCUT2D eigenvalue weighted by Crippen LogP contribution is 2.40. The summed E-state index contributed by atoms with van der Waals surface area (Å²) < 4.78 is 33.8. The van der Waals surface area contributed by atoms with E-state index >= 15 is 0 Å². The minimum Gasteiger partial charge on any atom is -0.508 e. The zero-order valence-corrected chi connectivity index (χ0v) is 23.3. The third kappa shape index (κ3) is 5.63. The molecule has 44 heavy (non-hydrogen) atoms. The van der Waals surface area contributed by atoms with Gasteiger partial charge in [0.05, 0.1) is 19.8 Å². The minimum atomic E-state index is -1.89. The molecule has 0 amide bonds. The van der Waals surface area contributed by atoms with Crippen LogP contribution in [-0.2, 0) is 14.2 Å². The molecule has 0 bridgehead atoms. The van der Waals surface area contributed by atoms with E-state index in [1.807, 2.05) is 0 Å². The van der Waals surface area contributed by atoms with Crippen LogP contribution in [0.25, 0.3) is 22.3 Å². The van der Waals surface area contributed by atoms with Gasteiger partial charge >= 0.3 is 0 Å². The van der Waals surface area contributed by atoms with Crippen molar-refractivity contribution in [2.24, 2.45) is 0 Å². The summed E-state index contributed by atoms with van der Waals surface area (Å²) in [6.07, 6.45) is -16.5. The fourth-order valence-electron chi connectivity index (χ4n) is 5.08. The topological polar surface area (TPSA) is 258 Å². The van der Waals surface area contributed by atoms with Crippen molar-refractivity contribution in [2.45, 2.75) is 68.3 Å². The molecule has 5 rings (SSSR count). The summed E-state index contributed by atoms with van der Waals surface area (Å²) in [6.45, 7) is 0.570. The molecule has 2 aliphatic rings. The molecule has 3 heterocycles. The van der Waals surface area contributed by atoms with Crippen molar-refractivity contribution in [3.05, 3.63) is 40.6 Å². The second-order valence-electron chi connectivity index (χ2n) is 10.4. The van der Waals surface area contributed by atoms with Crippen LogP contribution in [-0.4, -0.2) is 121 Å². The van der Waals surface area contributed by atoms with Crippen molar-refractivity contribution < 1.29 is 74.1 Å². The maximum atomic E-state index is 13.8. The standard InChI is InChI=1S/C28H32O16/c1-9-18(33)21(36)23(38)27(40-9)44-26-22(37)19(34)16(8-29)42-28(26)43-25-20(35)17-13(32)6-11(30)7-15(17)41-24(25)10-3-4-12(31)14(5-10)39-2/h3-7,9,16,18-19,21-23,26-34,36-38H,8H2,1-2H3/t9?,16?,18-,19+,21?,22?,23-,26?,27-,28-/m0/s1. The molecule has 2 aromatic carbocycles. The molecule has 16 nitrogen and oxygen atoms in total. The van der Waals surface area contributed by atoms with Gasteiger partial charge in [0.25, 0.3) is 0 Å². The number of benzene rings is 2. The number of fused-ring (bicyclic) bond motifs is 1. The molecular weight excluding hydrogens is 592 g/mol. The van der Waals surface area contributed by atoms with Crippen molar-refractivity contribution in [1.82, 2.24) is 0 Å². The van der Waals surface area contributed by atoms with Crippen LogP contribution in [0.4, 0.5) is 0 Å². The minimum absolute atomic E-state index is 0.0257. The molecule has 0 spiro atoms. The number of ether oxygens (including phenoxy) is 5. The Labute approximate surface area is 248 Å². The van der Waals surface area contributed by atoms with Gasteiger partial charge in [0.2, 0.25) is 17.5 Å². The van der Waals surface area contributed by atoms with E-state index in [1.165, 1.54) is 32.2 Å². The van der Waals surface area contributed by atoms with E-state index in [9.17, 15) is 50.8 Å². The normalized spacial score (nSPS) is 32.5.